The monoisotopic (exact) mass is 360 g/mol. The molecule has 0 bridgehead atoms. The molecule has 7 nitrogen and oxygen atoms in total. The van der Waals surface area contributed by atoms with Gasteiger partial charge in [0.1, 0.15) is 17.4 Å². The molecule has 0 amide bonds. The van der Waals surface area contributed by atoms with Crippen LogP contribution in [0.5, 0.6) is 34.5 Å². The predicted octanol–water partition coefficient (Wildman–Crippen LogP) is 3.13. The van der Waals surface area contributed by atoms with Crippen LogP contribution < -0.4 is 23.7 Å². The molecule has 0 fully saturated rings. The van der Waals surface area contributed by atoms with Gasteiger partial charge in [-0.15, -0.1) is 0 Å². The summed E-state index contributed by atoms with van der Waals surface area (Å²) in [6.07, 6.45) is -0.403. The minimum atomic E-state index is -0.521. The molecule has 1 atom stereocenters. The third-order valence-electron chi connectivity index (χ3n) is 4.29. The first kappa shape index (κ1) is 17.7. The highest BCUT2D eigenvalue weighted by Gasteiger charge is 2.34. The number of ketones is 1. The molecule has 1 N–H and O–H groups in total. The van der Waals surface area contributed by atoms with Crippen molar-refractivity contribution in [2.45, 2.75) is 12.5 Å². The summed E-state index contributed by atoms with van der Waals surface area (Å²) in [7, 11) is 5.90. The van der Waals surface area contributed by atoms with E-state index in [1.165, 1.54) is 34.5 Å². The third kappa shape index (κ3) is 2.85. The van der Waals surface area contributed by atoms with E-state index in [9.17, 15) is 9.90 Å². The number of hydrogen-bond donors (Lipinski definition) is 1. The Kier molecular flexibility index (Phi) is 4.79. The SMILES string of the molecule is COc1cc([C@@H]2CC(=O)c3c(cc(OC)c(OC)c3OC)O2)ccc1O. The highest BCUT2D eigenvalue weighted by Crippen LogP contribution is 2.49. The van der Waals surface area contributed by atoms with E-state index in [0.29, 0.717) is 34.1 Å². The van der Waals surface area contributed by atoms with Gasteiger partial charge in [0.2, 0.25) is 5.75 Å². The molecule has 0 spiro atoms. The van der Waals surface area contributed by atoms with Gasteiger partial charge in [0.05, 0.1) is 34.9 Å². The van der Waals surface area contributed by atoms with E-state index in [4.69, 9.17) is 23.7 Å². The van der Waals surface area contributed by atoms with Crippen LogP contribution >= 0.6 is 0 Å². The van der Waals surface area contributed by atoms with Crippen LogP contribution in [0.15, 0.2) is 24.3 Å². The van der Waals surface area contributed by atoms with Crippen molar-refractivity contribution < 1.29 is 33.6 Å². The largest absolute Gasteiger partial charge is 0.504 e. The van der Waals surface area contributed by atoms with Crippen LogP contribution in [0.25, 0.3) is 0 Å². The second-order valence-corrected chi connectivity index (χ2v) is 5.68. The van der Waals surface area contributed by atoms with Gasteiger partial charge in [-0.1, -0.05) is 6.07 Å². The maximum Gasteiger partial charge on any atom is 0.204 e. The van der Waals surface area contributed by atoms with Gasteiger partial charge in [-0.05, 0) is 17.7 Å². The Hall–Kier alpha value is -3.09. The number of aromatic hydroxyl groups is 1. The zero-order valence-corrected chi connectivity index (χ0v) is 15.0. The van der Waals surface area contributed by atoms with Crippen LogP contribution in [-0.2, 0) is 0 Å². The summed E-state index contributed by atoms with van der Waals surface area (Å²) in [6.45, 7) is 0. The van der Waals surface area contributed by atoms with Gasteiger partial charge in [-0.3, -0.25) is 4.79 Å². The third-order valence-corrected chi connectivity index (χ3v) is 4.29. The number of benzene rings is 2. The molecule has 26 heavy (non-hydrogen) atoms. The smallest absolute Gasteiger partial charge is 0.204 e. The number of phenolic OH excluding ortho intramolecular Hbond substituents is 1. The molecule has 0 radical (unpaired) electrons. The van der Waals surface area contributed by atoms with E-state index in [0.717, 1.165) is 0 Å². The van der Waals surface area contributed by atoms with Crippen molar-refractivity contribution in [3.63, 3.8) is 0 Å². The van der Waals surface area contributed by atoms with E-state index >= 15 is 0 Å². The highest BCUT2D eigenvalue weighted by atomic mass is 16.5. The summed E-state index contributed by atoms with van der Waals surface area (Å²) < 4.78 is 27.2. The molecule has 0 saturated heterocycles. The molecule has 1 aliphatic rings. The molecule has 0 saturated carbocycles. The number of methoxy groups -OCH3 is 4. The summed E-state index contributed by atoms with van der Waals surface area (Å²) in [6, 6.07) is 6.46. The average Bonchev–Trinajstić information content (AvgIpc) is 2.66. The first-order valence-corrected chi connectivity index (χ1v) is 7.93. The molecule has 1 heterocycles. The van der Waals surface area contributed by atoms with Crippen LogP contribution in [0.4, 0.5) is 0 Å². The Balaban J connectivity index is 2.07. The van der Waals surface area contributed by atoms with Crippen LogP contribution in [0.1, 0.15) is 28.4 Å². The van der Waals surface area contributed by atoms with E-state index < -0.39 is 6.10 Å². The average molecular weight is 360 g/mol. The summed E-state index contributed by atoms with van der Waals surface area (Å²) >= 11 is 0. The molecule has 3 rings (SSSR count). The molecular formula is C19H20O7. The Morgan fingerprint density at radius 2 is 1.65 bits per heavy atom. The minimum absolute atomic E-state index is 0.0202. The minimum Gasteiger partial charge on any atom is -0.504 e. The number of rotatable bonds is 5. The molecular weight excluding hydrogens is 340 g/mol. The normalized spacial score (nSPS) is 15.7. The van der Waals surface area contributed by atoms with Gasteiger partial charge in [0, 0.05) is 6.07 Å². The van der Waals surface area contributed by atoms with Gasteiger partial charge in [0.25, 0.3) is 0 Å². The number of hydrogen-bond acceptors (Lipinski definition) is 7. The molecule has 1 aliphatic heterocycles. The quantitative estimate of drug-likeness (QED) is 0.877. The summed E-state index contributed by atoms with van der Waals surface area (Å²) in [5.74, 6) is 1.58. The lowest BCUT2D eigenvalue weighted by Gasteiger charge is -2.28. The molecule has 2 aromatic rings. The van der Waals surface area contributed by atoms with Crippen LogP contribution in [0, 0.1) is 0 Å². The van der Waals surface area contributed by atoms with Crippen molar-refractivity contribution in [3.8, 4) is 34.5 Å². The summed E-state index contributed by atoms with van der Waals surface area (Å²) in [5, 5.41) is 9.76. The van der Waals surface area contributed by atoms with E-state index in [1.807, 2.05) is 0 Å². The van der Waals surface area contributed by atoms with Gasteiger partial charge < -0.3 is 28.8 Å². The maximum absolute atomic E-state index is 12.8. The van der Waals surface area contributed by atoms with Gasteiger partial charge >= 0.3 is 0 Å². The molecule has 138 valence electrons. The standard InChI is InChI=1S/C19H20O7/c1-22-14-7-10(5-6-11(14)20)13-8-12(21)17-15(26-13)9-16(23-2)18(24-3)19(17)25-4/h5-7,9,13,20H,8H2,1-4H3/t13-/m0/s1. The van der Waals surface area contributed by atoms with Crippen molar-refractivity contribution in [3.05, 3.63) is 35.4 Å². The number of ether oxygens (including phenoxy) is 5. The Morgan fingerprint density at radius 1 is 0.962 bits per heavy atom. The first-order valence-electron chi connectivity index (χ1n) is 7.93. The molecule has 0 aromatic heterocycles. The van der Waals surface area contributed by atoms with Crippen molar-refractivity contribution >= 4 is 5.78 Å². The fourth-order valence-electron chi connectivity index (χ4n) is 3.04. The topological polar surface area (TPSA) is 83.5 Å². The molecule has 0 aliphatic carbocycles. The van der Waals surface area contributed by atoms with E-state index in [1.54, 1.807) is 18.2 Å². The summed E-state index contributed by atoms with van der Waals surface area (Å²) in [5.41, 5.74) is 1.04. The zero-order chi connectivity index (χ0) is 18.8. The second kappa shape index (κ2) is 7.03. The molecule has 7 heteroatoms. The highest BCUT2D eigenvalue weighted by molar-refractivity contribution is 6.04. The molecule has 0 unspecified atom stereocenters. The van der Waals surface area contributed by atoms with Crippen molar-refractivity contribution in [1.82, 2.24) is 0 Å². The van der Waals surface area contributed by atoms with Crippen LogP contribution in [0.3, 0.4) is 0 Å². The van der Waals surface area contributed by atoms with E-state index in [2.05, 4.69) is 0 Å². The van der Waals surface area contributed by atoms with Gasteiger partial charge in [-0.25, -0.2) is 0 Å². The Labute approximate surface area is 151 Å². The fourth-order valence-corrected chi connectivity index (χ4v) is 3.04. The van der Waals surface area contributed by atoms with Crippen molar-refractivity contribution in [2.24, 2.45) is 0 Å². The van der Waals surface area contributed by atoms with Crippen molar-refractivity contribution in [2.75, 3.05) is 28.4 Å². The number of carbonyl (C=O) groups is 1. The number of Topliss-reactive ketones (excluding diaryl/α,β-unsaturated/α-hetero) is 1. The zero-order valence-electron chi connectivity index (χ0n) is 15.0. The number of carbonyl (C=O) groups excluding carboxylic acids is 1. The van der Waals surface area contributed by atoms with Gasteiger partial charge in [0.15, 0.2) is 28.8 Å². The lowest BCUT2D eigenvalue weighted by atomic mass is 9.95. The molecule has 2 aromatic carbocycles. The van der Waals surface area contributed by atoms with Crippen molar-refractivity contribution in [1.29, 1.82) is 0 Å². The Bertz CT molecular complexity index is 844. The maximum atomic E-state index is 12.8. The van der Waals surface area contributed by atoms with Crippen LogP contribution in [0.2, 0.25) is 0 Å². The second-order valence-electron chi connectivity index (χ2n) is 5.68. The Morgan fingerprint density at radius 3 is 2.27 bits per heavy atom. The first-order chi connectivity index (χ1) is 12.5. The number of fused-ring (bicyclic) bond motifs is 1. The number of phenols is 1. The van der Waals surface area contributed by atoms with Gasteiger partial charge in [-0.2, -0.15) is 0 Å². The van der Waals surface area contributed by atoms with E-state index in [-0.39, 0.29) is 23.7 Å². The fraction of sp³-hybridized carbons (Fsp3) is 0.316. The lowest BCUT2D eigenvalue weighted by Crippen LogP contribution is -2.21. The predicted molar refractivity (Wildman–Crippen MR) is 93.1 cm³/mol. The summed E-state index contributed by atoms with van der Waals surface area (Å²) in [4.78, 5) is 12.8. The lowest BCUT2D eigenvalue weighted by molar-refractivity contribution is 0.0842. The van der Waals surface area contributed by atoms with Crippen LogP contribution in [-0.4, -0.2) is 39.3 Å².